The van der Waals surface area contributed by atoms with Crippen molar-refractivity contribution in [2.45, 2.75) is 40.0 Å². The predicted octanol–water partition coefficient (Wildman–Crippen LogP) is 6.90. The highest BCUT2D eigenvalue weighted by Gasteiger charge is 2.23. The lowest BCUT2D eigenvalue weighted by Crippen LogP contribution is -2.15. The highest BCUT2D eigenvalue weighted by atomic mass is 16.6. The van der Waals surface area contributed by atoms with Crippen LogP contribution >= 0.6 is 0 Å². The number of aromatic nitrogens is 7. The summed E-state index contributed by atoms with van der Waals surface area (Å²) in [6, 6.07) is 18.8. The number of carbonyl (C=O) groups is 1. The molecule has 14 nitrogen and oxygen atoms in total. The van der Waals surface area contributed by atoms with Crippen molar-refractivity contribution in [3.05, 3.63) is 106 Å². The summed E-state index contributed by atoms with van der Waals surface area (Å²) < 4.78 is 26.7. The van der Waals surface area contributed by atoms with Gasteiger partial charge in [-0.2, -0.15) is 20.7 Å². The van der Waals surface area contributed by atoms with Gasteiger partial charge in [-0.3, -0.25) is 9.36 Å². The summed E-state index contributed by atoms with van der Waals surface area (Å²) in [5.74, 6) is 1.01. The molecule has 8 aromatic rings. The average molecular weight is 734 g/mol. The molecule has 274 valence electrons. The van der Waals surface area contributed by atoms with Gasteiger partial charge in [-0.05, 0) is 80.4 Å². The smallest absolute Gasteiger partial charge is 0.344 e. The molecule has 3 aromatic carbocycles. The SMILES string of the molecule is COc1cc(C)c2[nH]ccc2c1Cn1cc2ccc(C#N)c(OCC(=O)OCc3cc4c(C(C)n5cc6ccc(C#N)nc6n5)c(OC)cc(C)c4[nH]3)c2n1. The number of aryl methyl sites for hydroxylation is 2. The lowest BCUT2D eigenvalue weighted by molar-refractivity contribution is -0.147. The monoisotopic (exact) mass is 733 g/mol. The standard InChI is InChI=1S/C41H35N9O5/c1-22-12-33(52-4)32(30-10-11-44-37(22)30)19-49-17-26-7-6-25(15-42)40(39(26)47-49)55-21-35(51)54-20-29-14-31-36(34(53-5)13-23(2)38(31)45-29)24(3)50-18-27-8-9-28(16-43)46-41(27)48-50/h6-14,17-18,24,44-45H,19-21H2,1-5H3. The van der Waals surface area contributed by atoms with Crippen molar-refractivity contribution in [2.24, 2.45) is 0 Å². The minimum absolute atomic E-state index is 0.0467. The highest BCUT2D eigenvalue weighted by Crippen LogP contribution is 2.38. The Labute approximate surface area is 314 Å². The summed E-state index contributed by atoms with van der Waals surface area (Å²) in [7, 11) is 3.27. The van der Waals surface area contributed by atoms with Gasteiger partial charge in [-0.25, -0.2) is 9.78 Å². The van der Waals surface area contributed by atoms with Crippen molar-refractivity contribution in [2.75, 3.05) is 20.8 Å². The minimum atomic E-state index is -0.617. The van der Waals surface area contributed by atoms with Crippen LogP contribution in [0.2, 0.25) is 0 Å². The molecule has 0 saturated carbocycles. The van der Waals surface area contributed by atoms with E-state index < -0.39 is 12.6 Å². The molecule has 5 heterocycles. The second kappa shape index (κ2) is 13.9. The Bertz CT molecular complexity index is 2880. The first-order chi connectivity index (χ1) is 26.7. The van der Waals surface area contributed by atoms with Gasteiger partial charge in [-0.1, -0.05) is 0 Å². The maximum absolute atomic E-state index is 13.1. The maximum atomic E-state index is 13.1. The van der Waals surface area contributed by atoms with Crippen molar-refractivity contribution < 1.29 is 23.7 Å². The van der Waals surface area contributed by atoms with Crippen LogP contribution in [0.3, 0.4) is 0 Å². The number of nitriles is 2. The van der Waals surface area contributed by atoms with Crippen LogP contribution in [0.15, 0.2) is 67.1 Å². The summed E-state index contributed by atoms with van der Waals surface area (Å²) in [6.45, 7) is 5.94. The van der Waals surface area contributed by atoms with E-state index in [9.17, 15) is 15.3 Å². The van der Waals surface area contributed by atoms with Crippen LogP contribution in [-0.2, 0) is 22.7 Å². The molecule has 2 N–H and O–H groups in total. The quantitative estimate of drug-likeness (QED) is 0.133. The Hall–Kier alpha value is -7.32. The number of hydrogen-bond acceptors (Lipinski definition) is 10. The molecule has 1 atom stereocenters. The molecule has 0 radical (unpaired) electrons. The number of rotatable bonds is 11. The number of pyridine rings is 1. The number of H-pyrrole nitrogens is 2. The van der Waals surface area contributed by atoms with Crippen LogP contribution in [0.5, 0.6) is 17.2 Å². The summed E-state index contributed by atoms with van der Waals surface area (Å²) in [5.41, 5.74) is 7.89. The molecule has 0 fully saturated rings. The summed E-state index contributed by atoms with van der Waals surface area (Å²) in [6.07, 6.45) is 5.66. The van der Waals surface area contributed by atoms with Crippen LogP contribution in [0.25, 0.3) is 43.7 Å². The van der Waals surface area contributed by atoms with Gasteiger partial charge in [0.15, 0.2) is 18.0 Å². The van der Waals surface area contributed by atoms with E-state index in [0.717, 1.165) is 60.6 Å². The molecule has 0 aliphatic heterocycles. The lowest BCUT2D eigenvalue weighted by atomic mass is 9.99. The number of fused-ring (bicyclic) bond motifs is 4. The number of aromatic amines is 2. The molecular weight excluding hydrogens is 699 g/mol. The van der Waals surface area contributed by atoms with E-state index in [0.29, 0.717) is 34.8 Å². The van der Waals surface area contributed by atoms with E-state index in [1.807, 2.05) is 69.7 Å². The van der Waals surface area contributed by atoms with Crippen molar-refractivity contribution >= 4 is 49.7 Å². The van der Waals surface area contributed by atoms with Gasteiger partial charge in [-0.15, -0.1) is 0 Å². The van der Waals surface area contributed by atoms with Gasteiger partial charge in [0, 0.05) is 62.3 Å². The van der Waals surface area contributed by atoms with Gasteiger partial charge < -0.3 is 28.9 Å². The molecule has 14 heteroatoms. The Kier molecular flexibility index (Phi) is 8.79. The number of nitrogens with one attached hydrogen (secondary N) is 2. The highest BCUT2D eigenvalue weighted by molar-refractivity contribution is 5.91. The minimum Gasteiger partial charge on any atom is -0.496 e. The Morgan fingerprint density at radius 3 is 2.47 bits per heavy atom. The van der Waals surface area contributed by atoms with E-state index in [4.69, 9.17) is 24.0 Å². The molecule has 55 heavy (non-hydrogen) atoms. The third-order valence-corrected chi connectivity index (χ3v) is 9.88. The van der Waals surface area contributed by atoms with Gasteiger partial charge >= 0.3 is 5.97 Å². The fourth-order valence-corrected chi connectivity index (χ4v) is 7.21. The third kappa shape index (κ3) is 6.19. The molecule has 0 aliphatic rings. The topological polar surface area (TPSA) is 182 Å². The number of methoxy groups -OCH3 is 2. The number of esters is 1. The summed E-state index contributed by atoms with van der Waals surface area (Å²) in [5, 5.41) is 32.1. The first-order valence-corrected chi connectivity index (χ1v) is 17.5. The van der Waals surface area contributed by atoms with E-state index >= 15 is 0 Å². The predicted molar refractivity (Wildman–Crippen MR) is 204 cm³/mol. The number of hydrogen-bond donors (Lipinski definition) is 2. The van der Waals surface area contributed by atoms with E-state index in [1.54, 1.807) is 41.8 Å². The molecule has 0 saturated heterocycles. The average Bonchev–Trinajstić information content (AvgIpc) is 4.01. The zero-order valence-electron chi connectivity index (χ0n) is 30.7. The molecular formula is C41H35N9O5. The molecule has 1 unspecified atom stereocenters. The first kappa shape index (κ1) is 34.7. The van der Waals surface area contributed by atoms with Crippen LogP contribution in [0.1, 0.15) is 52.2 Å². The zero-order chi connectivity index (χ0) is 38.4. The number of benzene rings is 3. The Morgan fingerprint density at radius 1 is 0.909 bits per heavy atom. The van der Waals surface area contributed by atoms with Crippen molar-refractivity contribution in [3.63, 3.8) is 0 Å². The number of carbonyl (C=O) groups excluding carboxylic acids is 1. The van der Waals surface area contributed by atoms with Crippen molar-refractivity contribution in [1.29, 1.82) is 10.5 Å². The lowest BCUT2D eigenvalue weighted by Gasteiger charge is -2.18. The molecule has 0 amide bonds. The van der Waals surface area contributed by atoms with Crippen LogP contribution in [0.4, 0.5) is 0 Å². The molecule has 0 bridgehead atoms. The molecule has 8 rings (SSSR count). The number of ether oxygens (including phenoxy) is 4. The molecule has 0 aliphatic carbocycles. The second-order valence-corrected chi connectivity index (χ2v) is 13.3. The number of nitrogens with zero attached hydrogens (tertiary/aromatic N) is 7. The first-order valence-electron chi connectivity index (χ1n) is 17.5. The van der Waals surface area contributed by atoms with Crippen molar-refractivity contribution in [3.8, 4) is 29.4 Å². The van der Waals surface area contributed by atoms with Gasteiger partial charge in [0.25, 0.3) is 0 Å². The third-order valence-electron chi connectivity index (χ3n) is 9.88. The fourth-order valence-electron chi connectivity index (χ4n) is 7.21. The zero-order valence-corrected chi connectivity index (χ0v) is 30.7. The van der Waals surface area contributed by atoms with Gasteiger partial charge in [0.05, 0.1) is 38.1 Å². The van der Waals surface area contributed by atoms with Crippen LogP contribution in [0, 0.1) is 36.5 Å². The fraction of sp³-hybridized carbons (Fsp3) is 0.220. The maximum Gasteiger partial charge on any atom is 0.344 e. The van der Waals surface area contributed by atoms with Crippen LogP contribution < -0.4 is 14.2 Å². The van der Waals surface area contributed by atoms with Gasteiger partial charge in [0.1, 0.15) is 41.5 Å². The molecule has 0 spiro atoms. The Balaban J connectivity index is 1.01. The van der Waals surface area contributed by atoms with E-state index in [-0.39, 0.29) is 24.0 Å². The van der Waals surface area contributed by atoms with E-state index in [2.05, 4.69) is 32.2 Å². The second-order valence-electron chi connectivity index (χ2n) is 13.3. The van der Waals surface area contributed by atoms with Crippen molar-refractivity contribution in [1.82, 2.24) is 34.5 Å². The largest absolute Gasteiger partial charge is 0.496 e. The van der Waals surface area contributed by atoms with Crippen LogP contribution in [-0.4, -0.2) is 61.3 Å². The van der Waals surface area contributed by atoms with E-state index in [1.165, 1.54) is 0 Å². The summed E-state index contributed by atoms with van der Waals surface area (Å²) >= 11 is 0. The van der Waals surface area contributed by atoms with Gasteiger partial charge in [0.2, 0.25) is 0 Å². The summed E-state index contributed by atoms with van der Waals surface area (Å²) in [4.78, 5) is 24.1. The normalized spacial score (nSPS) is 11.9. The Morgan fingerprint density at radius 2 is 1.69 bits per heavy atom. The molecule has 5 aromatic heterocycles.